The zero-order valence-electron chi connectivity index (χ0n) is 11.3. The summed E-state index contributed by atoms with van der Waals surface area (Å²) < 4.78 is 5.84. The first-order valence-electron chi connectivity index (χ1n) is 6.17. The van der Waals surface area contributed by atoms with E-state index in [1.165, 1.54) is 0 Å². The molecule has 1 atom stereocenters. The highest BCUT2D eigenvalue weighted by atomic mass is 79.9. The van der Waals surface area contributed by atoms with E-state index < -0.39 is 9.03 Å². The van der Waals surface area contributed by atoms with Crippen LogP contribution in [-0.4, -0.2) is 10.7 Å². The minimum absolute atomic E-state index is 0.0805. The summed E-state index contributed by atoms with van der Waals surface area (Å²) in [6.45, 7) is 4.00. The van der Waals surface area contributed by atoms with Gasteiger partial charge in [0.1, 0.15) is 5.75 Å². The number of hydrogen-bond acceptors (Lipinski definition) is 3. The van der Waals surface area contributed by atoms with E-state index in [1.807, 2.05) is 26.0 Å². The van der Waals surface area contributed by atoms with Crippen LogP contribution in [0.4, 0.5) is 0 Å². The van der Waals surface area contributed by atoms with Crippen molar-refractivity contribution in [1.29, 1.82) is 0 Å². The molecular formula is C15H16BrO3P. The number of carbonyl (C=O) groups excluding carboxylic acids is 1. The van der Waals surface area contributed by atoms with Gasteiger partial charge < -0.3 is 9.42 Å². The molecule has 2 aromatic rings. The Labute approximate surface area is 129 Å². The van der Waals surface area contributed by atoms with E-state index in [0.717, 1.165) is 4.47 Å². The Balaban J connectivity index is 0.000000956. The summed E-state index contributed by atoms with van der Waals surface area (Å²) in [6.07, 6.45) is 0. The number of hydrogen-bond donors (Lipinski definition) is 1. The molecule has 0 aliphatic heterocycles. The number of benzene rings is 2. The normalized spacial score (nSPS) is 10.0. The number of carbonyl (C=O) groups is 1. The summed E-state index contributed by atoms with van der Waals surface area (Å²) in [5.74, 6) is 0.403. The quantitative estimate of drug-likeness (QED) is 0.645. The monoisotopic (exact) mass is 354 g/mol. The molecule has 0 bridgehead atoms. The van der Waals surface area contributed by atoms with E-state index in [0.29, 0.717) is 16.9 Å². The first kappa shape index (κ1) is 16.8. The molecule has 0 saturated carbocycles. The van der Waals surface area contributed by atoms with Crippen LogP contribution in [0.25, 0.3) is 0 Å². The maximum absolute atomic E-state index is 12.2. The summed E-state index contributed by atoms with van der Waals surface area (Å²) in [5, 5.41) is 0. The predicted octanol–water partition coefficient (Wildman–Crippen LogP) is 4.59. The molecule has 20 heavy (non-hydrogen) atoms. The van der Waals surface area contributed by atoms with Gasteiger partial charge in [0.25, 0.3) is 0 Å². The fraction of sp³-hybridized carbons (Fsp3) is 0.133. The van der Waals surface area contributed by atoms with Crippen molar-refractivity contribution in [3.8, 4) is 5.75 Å². The Morgan fingerprint density at radius 2 is 1.70 bits per heavy atom. The summed E-state index contributed by atoms with van der Waals surface area (Å²) in [6, 6.07) is 14.0. The second-order valence-electron chi connectivity index (χ2n) is 3.56. The van der Waals surface area contributed by atoms with Gasteiger partial charge in [-0.05, 0) is 24.3 Å². The van der Waals surface area contributed by atoms with Gasteiger partial charge in [-0.1, -0.05) is 54.0 Å². The molecular weight excluding hydrogens is 339 g/mol. The van der Waals surface area contributed by atoms with Crippen molar-refractivity contribution in [3.63, 3.8) is 0 Å². The van der Waals surface area contributed by atoms with Crippen LogP contribution in [0.15, 0.2) is 53.0 Å². The molecule has 0 saturated heterocycles. The van der Waals surface area contributed by atoms with Crippen molar-refractivity contribution in [2.24, 2.45) is 0 Å². The zero-order chi connectivity index (χ0) is 15.0. The SMILES string of the molecule is CC.O=C(c1cccc(Br)c1)c1cccc(OPO)c1. The van der Waals surface area contributed by atoms with Crippen LogP contribution in [0.5, 0.6) is 5.75 Å². The molecule has 0 aliphatic carbocycles. The summed E-state index contributed by atoms with van der Waals surface area (Å²) in [4.78, 5) is 20.9. The Morgan fingerprint density at radius 3 is 2.30 bits per heavy atom. The molecule has 5 heteroatoms. The summed E-state index contributed by atoms with van der Waals surface area (Å²) in [7, 11) is -0.629. The molecule has 1 unspecified atom stereocenters. The van der Waals surface area contributed by atoms with Gasteiger partial charge in [0, 0.05) is 15.6 Å². The van der Waals surface area contributed by atoms with E-state index in [2.05, 4.69) is 15.9 Å². The van der Waals surface area contributed by atoms with Crippen molar-refractivity contribution in [2.45, 2.75) is 13.8 Å². The Kier molecular flexibility index (Phi) is 7.45. The molecule has 0 amide bonds. The Bertz CT molecular complexity index is 573. The maximum atomic E-state index is 12.2. The second-order valence-corrected chi connectivity index (χ2v) is 4.86. The highest BCUT2D eigenvalue weighted by Crippen LogP contribution is 2.22. The number of ketones is 1. The van der Waals surface area contributed by atoms with E-state index in [-0.39, 0.29) is 5.78 Å². The molecule has 1 N–H and O–H groups in total. The van der Waals surface area contributed by atoms with Gasteiger partial charge in [-0.3, -0.25) is 4.79 Å². The van der Waals surface area contributed by atoms with Gasteiger partial charge >= 0.3 is 0 Å². The Morgan fingerprint density at radius 1 is 1.10 bits per heavy atom. The van der Waals surface area contributed by atoms with Crippen LogP contribution < -0.4 is 4.52 Å². The molecule has 3 nitrogen and oxygen atoms in total. The van der Waals surface area contributed by atoms with Crippen molar-refractivity contribution in [2.75, 3.05) is 0 Å². The van der Waals surface area contributed by atoms with Gasteiger partial charge in [0.15, 0.2) is 5.78 Å². The fourth-order valence-electron chi connectivity index (χ4n) is 1.55. The highest BCUT2D eigenvalue weighted by molar-refractivity contribution is 9.10. The van der Waals surface area contributed by atoms with Gasteiger partial charge in [-0.25, -0.2) is 0 Å². The standard InChI is InChI=1S/C13H10BrO3P.C2H6/c14-11-5-1-3-9(7-11)13(15)10-4-2-6-12(8-10)17-18-16;1-2/h1-8,16,18H;1-2H3. The molecule has 2 aromatic carbocycles. The van der Waals surface area contributed by atoms with Crippen LogP contribution >= 0.6 is 25.0 Å². The van der Waals surface area contributed by atoms with Gasteiger partial charge in [-0.15, -0.1) is 0 Å². The molecule has 0 radical (unpaired) electrons. The predicted molar refractivity (Wildman–Crippen MR) is 86.5 cm³/mol. The first-order valence-corrected chi connectivity index (χ1v) is 7.82. The lowest BCUT2D eigenvalue weighted by Crippen LogP contribution is -2.01. The molecule has 2 rings (SSSR count). The number of halogens is 1. The lowest BCUT2D eigenvalue weighted by Gasteiger charge is -2.05. The van der Waals surface area contributed by atoms with Crippen molar-refractivity contribution in [1.82, 2.24) is 0 Å². The average Bonchev–Trinajstić information content (AvgIpc) is 2.49. The minimum atomic E-state index is -0.629. The van der Waals surface area contributed by atoms with E-state index in [1.54, 1.807) is 36.4 Å². The third kappa shape index (κ3) is 4.71. The first-order chi connectivity index (χ1) is 9.70. The fourth-order valence-corrected chi connectivity index (χ4v) is 2.18. The van der Waals surface area contributed by atoms with Crippen molar-refractivity contribution < 1.29 is 14.2 Å². The Hall–Kier alpha value is -1.22. The lowest BCUT2D eigenvalue weighted by atomic mass is 10.0. The topological polar surface area (TPSA) is 46.5 Å². The molecule has 0 heterocycles. The van der Waals surface area contributed by atoms with Crippen LogP contribution in [0, 0.1) is 0 Å². The second kappa shape index (κ2) is 8.85. The third-order valence-electron chi connectivity index (χ3n) is 2.35. The third-order valence-corrected chi connectivity index (χ3v) is 3.17. The van der Waals surface area contributed by atoms with Gasteiger partial charge in [-0.2, -0.15) is 0 Å². The molecule has 0 aliphatic rings. The molecule has 0 fully saturated rings. The van der Waals surface area contributed by atoms with Gasteiger partial charge in [0.2, 0.25) is 9.03 Å². The zero-order valence-corrected chi connectivity index (χ0v) is 13.8. The van der Waals surface area contributed by atoms with E-state index in [4.69, 9.17) is 9.42 Å². The molecule has 0 spiro atoms. The molecule has 0 aromatic heterocycles. The summed E-state index contributed by atoms with van der Waals surface area (Å²) >= 11 is 3.33. The highest BCUT2D eigenvalue weighted by Gasteiger charge is 2.10. The van der Waals surface area contributed by atoms with Gasteiger partial charge in [0.05, 0.1) is 0 Å². The van der Waals surface area contributed by atoms with Crippen LogP contribution in [0.3, 0.4) is 0 Å². The van der Waals surface area contributed by atoms with Crippen LogP contribution in [0.1, 0.15) is 29.8 Å². The average molecular weight is 355 g/mol. The van der Waals surface area contributed by atoms with Crippen molar-refractivity contribution in [3.05, 3.63) is 64.1 Å². The maximum Gasteiger partial charge on any atom is 0.212 e. The molecule has 106 valence electrons. The van der Waals surface area contributed by atoms with Crippen LogP contribution in [-0.2, 0) is 0 Å². The lowest BCUT2D eigenvalue weighted by molar-refractivity contribution is 0.103. The van der Waals surface area contributed by atoms with E-state index >= 15 is 0 Å². The van der Waals surface area contributed by atoms with Crippen LogP contribution in [0.2, 0.25) is 0 Å². The smallest absolute Gasteiger partial charge is 0.212 e. The minimum Gasteiger partial charge on any atom is -0.450 e. The number of rotatable bonds is 4. The van der Waals surface area contributed by atoms with E-state index in [9.17, 15) is 4.79 Å². The summed E-state index contributed by atoms with van der Waals surface area (Å²) in [5.41, 5.74) is 1.14. The largest absolute Gasteiger partial charge is 0.450 e. The van der Waals surface area contributed by atoms with Crippen molar-refractivity contribution >= 4 is 30.7 Å².